The van der Waals surface area contributed by atoms with Gasteiger partial charge in [-0.2, -0.15) is 5.06 Å². The standard InChI is InChI=1S/C7H6ClNO2/c8-7(10)9(11)6-4-2-1-3-5-6/h1-5,11H. The van der Waals surface area contributed by atoms with Gasteiger partial charge < -0.3 is 0 Å². The molecule has 0 unspecified atom stereocenters. The number of para-hydroxylation sites is 1. The molecule has 0 aliphatic rings. The van der Waals surface area contributed by atoms with Crippen molar-refractivity contribution >= 4 is 22.7 Å². The Kier molecular flexibility index (Phi) is 2.46. The van der Waals surface area contributed by atoms with Crippen molar-refractivity contribution in [3.05, 3.63) is 30.3 Å². The van der Waals surface area contributed by atoms with Gasteiger partial charge in [0.2, 0.25) is 0 Å². The van der Waals surface area contributed by atoms with Gasteiger partial charge >= 0.3 is 5.37 Å². The maximum Gasteiger partial charge on any atom is 0.344 e. The molecule has 11 heavy (non-hydrogen) atoms. The number of rotatable bonds is 1. The Morgan fingerprint density at radius 1 is 1.36 bits per heavy atom. The number of hydroxylamine groups is 1. The summed E-state index contributed by atoms with van der Waals surface area (Å²) in [5.74, 6) is 0. The predicted octanol–water partition coefficient (Wildman–Crippen LogP) is 2.24. The molecule has 58 valence electrons. The molecule has 4 heteroatoms. The number of carbonyl (C=O) groups is 1. The maximum absolute atomic E-state index is 10.4. The third kappa shape index (κ3) is 1.93. The molecule has 0 saturated carbocycles. The minimum absolute atomic E-state index is 0.354. The lowest BCUT2D eigenvalue weighted by atomic mass is 10.3. The Morgan fingerprint density at radius 2 is 1.91 bits per heavy atom. The Balaban J connectivity index is 2.85. The van der Waals surface area contributed by atoms with Crippen molar-refractivity contribution in [2.45, 2.75) is 0 Å². The third-order valence-electron chi connectivity index (χ3n) is 1.17. The summed E-state index contributed by atoms with van der Waals surface area (Å²) in [6, 6.07) is 8.30. The number of nitrogens with zero attached hydrogens (tertiary/aromatic N) is 1. The van der Waals surface area contributed by atoms with E-state index < -0.39 is 5.37 Å². The number of amides is 1. The molecule has 0 aromatic heterocycles. The molecule has 0 atom stereocenters. The van der Waals surface area contributed by atoms with Gasteiger partial charge in [-0.15, -0.1) is 0 Å². The largest absolute Gasteiger partial charge is 0.344 e. The van der Waals surface area contributed by atoms with E-state index in [1.165, 1.54) is 0 Å². The normalized spacial score (nSPS) is 9.27. The number of anilines is 1. The molecular formula is C7H6ClNO2. The fraction of sp³-hybridized carbons (Fsp3) is 0. The minimum Gasteiger partial charge on any atom is -0.280 e. The smallest absolute Gasteiger partial charge is 0.280 e. The summed E-state index contributed by atoms with van der Waals surface area (Å²) in [5, 5.41) is 8.41. The first-order valence-corrected chi connectivity index (χ1v) is 3.33. The fourth-order valence-corrected chi connectivity index (χ4v) is 0.768. The lowest BCUT2D eigenvalue weighted by Gasteiger charge is -2.09. The first-order chi connectivity index (χ1) is 5.22. The van der Waals surface area contributed by atoms with Gasteiger partial charge in [0, 0.05) is 0 Å². The van der Waals surface area contributed by atoms with Crippen molar-refractivity contribution in [3.8, 4) is 0 Å². The van der Waals surface area contributed by atoms with Crippen LogP contribution in [0.2, 0.25) is 0 Å². The van der Waals surface area contributed by atoms with E-state index in [9.17, 15) is 4.79 Å². The van der Waals surface area contributed by atoms with Crippen LogP contribution in [0.25, 0.3) is 0 Å². The van der Waals surface area contributed by atoms with Gasteiger partial charge in [0.15, 0.2) is 0 Å². The Bertz CT molecular complexity index is 250. The van der Waals surface area contributed by atoms with E-state index >= 15 is 0 Å². The first-order valence-electron chi connectivity index (χ1n) is 2.95. The van der Waals surface area contributed by atoms with Gasteiger partial charge in [-0.25, -0.2) is 0 Å². The van der Waals surface area contributed by atoms with Crippen LogP contribution < -0.4 is 5.06 Å². The molecule has 0 radical (unpaired) electrons. The van der Waals surface area contributed by atoms with E-state index in [1.54, 1.807) is 30.3 Å². The van der Waals surface area contributed by atoms with E-state index in [-0.39, 0.29) is 0 Å². The number of hydrogen-bond donors (Lipinski definition) is 1. The molecule has 1 aromatic rings. The van der Waals surface area contributed by atoms with Crippen molar-refractivity contribution < 1.29 is 10.0 Å². The second kappa shape index (κ2) is 3.37. The van der Waals surface area contributed by atoms with Crippen molar-refractivity contribution in [3.63, 3.8) is 0 Å². The average Bonchev–Trinajstić information content (AvgIpc) is 2.05. The molecule has 0 aliphatic heterocycles. The Morgan fingerprint density at radius 3 is 2.36 bits per heavy atom. The predicted molar refractivity (Wildman–Crippen MR) is 42.0 cm³/mol. The summed E-state index contributed by atoms with van der Waals surface area (Å²) in [6.07, 6.45) is 0. The average molecular weight is 172 g/mol. The van der Waals surface area contributed by atoms with Crippen molar-refractivity contribution in [2.24, 2.45) is 0 Å². The van der Waals surface area contributed by atoms with Gasteiger partial charge in [0.05, 0.1) is 5.69 Å². The summed E-state index contributed by atoms with van der Waals surface area (Å²) < 4.78 is 0. The maximum atomic E-state index is 10.4. The Labute approximate surface area is 68.8 Å². The van der Waals surface area contributed by atoms with E-state index in [1.807, 2.05) is 0 Å². The van der Waals surface area contributed by atoms with Gasteiger partial charge in [-0.3, -0.25) is 10.0 Å². The molecular weight excluding hydrogens is 166 g/mol. The second-order valence-electron chi connectivity index (χ2n) is 1.90. The zero-order chi connectivity index (χ0) is 8.27. The van der Waals surface area contributed by atoms with E-state index in [0.29, 0.717) is 10.8 Å². The molecule has 1 amide bonds. The highest BCUT2D eigenvalue weighted by Gasteiger charge is 2.07. The van der Waals surface area contributed by atoms with Gasteiger partial charge in [0.1, 0.15) is 0 Å². The van der Waals surface area contributed by atoms with E-state index in [2.05, 4.69) is 0 Å². The molecule has 1 N–H and O–H groups in total. The Hall–Kier alpha value is -1.06. The van der Waals surface area contributed by atoms with Crippen LogP contribution in [0.3, 0.4) is 0 Å². The summed E-state index contributed by atoms with van der Waals surface area (Å²) >= 11 is 5.00. The SMILES string of the molecule is O=C(Cl)N(O)c1ccccc1. The molecule has 3 nitrogen and oxygen atoms in total. The zero-order valence-electron chi connectivity index (χ0n) is 5.57. The van der Waals surface area contributed by atoms with Crippen molar-refractivity contribution in [1.29, 1.82) is 0 Å². The number of carbonyl (C=O) groups excluding carboxylic acids is 1. The summed E-state index contributed by atoms with van der Waals surface area (Å²) in [6.45, 7) is 0. The van der Waals surface area contributed by atoms with Crippen LogP contribution in [0, 0.1) is 0 Å². The topological polar surface area (TPSA) is 40.5 Å². The summed E-state index contributed by atoms with van der Waals surface area (Å²) in [7, 11) is 0. The fourth-order valence-electron chi connectivity index (χ4n) is 0.671. The monoisotopic (exact) mass is 171 g/mol. The molecule has 0 heterocycles. The van der Waals surface area contributed by atoms with Crippen LogP contribution in [-0.2, 0) is 0 Å². The molecule has 0 aliphatic carbocycles. The highest BCUT2D eigenvalue weighted by Crippen LogP contribution is 2.11. The van der Waals surface area contributed by atoms with Crippen LogP contribution in [0.1, 0.15) is 0 Å². The van der Waals surface area contributed by atoms with Crippen molar-refractivity contribution in [1.82, 2.24) is 0 Å². The highest BCUT2D eigenvalue weighted by atomic mass is 35.5. The summed E-state index contributed by atoms with van der Waals surface area (Å²) in [5.41, 5.74) is 0.354. The van der Waals surface area contributed by atoms with Crippen LogP contribution in [0.5, 0.6) is 0 Å². The molecule has 0 spiro atoms. The molecule has 0 saturated heterocycles. The molecule has 1 aromatic carbocycles. The van der Waals surface area contributed by atoms with Crippen molar-refractivity contribution in [2.75, 3.05) is 5.06 Å². The van der Waals surface area contributed by atoms with Crippen LogP contribution in [0.4, 0.5) is 10.5 Å². The summed E-state index contributed by atoms with van der Waals surface area (Å²) in [4.78, 5) is 10.4. The van der Waals surface area contributed by atoms with Crippen LogP contribution >= 0.6 is 11.6 Å². The number of hydrogen-bond acceptors (Lipinski definition) is 2. The van der Waals surface area contributed by atoms with Crippen LogP contribution in [0.15, 0.2) is 30.3 Å². The molecule has 0 fully saturated rings. The molecule has 0 bridgehead atoms. The zero-order valence-corrected chi connectivity index (χ0v) is 6.32. The van der Waals surface area contributed by atoms with Gasteiger partial charge in [-0.05, 0) is 23.7 Å². The second-order valence-corrected chi connectivity index (χ2v) is 2.22. The lowest BCUT2D eigenvalue weighted by Crippen LogP contribution is -2.20. The van der Waals surface area contributed by atoms with E-state index in [0.717, 1.165) is 0 Å². The van der Waals surface area contributed by atoms with Crippen LogP contribution in [-0.4, -0.2) is 10.6 Å². The quantitative estimate of drug-likeness (QED) is 0.305. The minimum atomic E-state index is -0.920. The third-order valence-corrected chi connectivity index (χ3v) is 1.33. The van der Waals surface area contributed by atoms with Gasteiger partial charge in [0.25, 0.3) is 0 Å². The highest BCUT2D eigenvalue weighted by molar-refractivity contribution is 6.65. The van der Waals surface area contributed by atoms with E-state index in [4.69, 9.17) is 16.8 Å². The molecule has 1 rings (SSSR count). The number of benzene rings is 1. The number of halogens is 1. The lowest BCUT2D eigenvalue weighted by molar-refractivity contribution is 0.224. The first kappa shape index (κ1) is 8.04. The van der Waals surface area contributed by atoms with Gasteiger partial charge in [-0.1, -0.05) is 18.2 Å².